The van der Waals surface area contributed by atoms with Crippen LogP contribution in [0.2, 0.25) is 0 Å². The van der Waals surface area contributed by atoms with E-state index >= 15 is 0 Å². The first-order chi connectivity index (χ1) is 15.3. The summed E-state index contributed by atoms with van der Waals surface area (Å²) in [6.07, 6.45) is 2.50. The van der Waals surface area contributed by atoms with E-state index in [1.807, 2.05) is 0 Å². The fraction of sp³-hybridized carbons (Fsp3) is 0.364. The van der Waals surface area contributed by atoms with Gasteiger partial charge in [0, 0.05) is 31.2 Å². The third kappa shape index (κ3) is 5.89. The van der Waals surface area contributed by atoms with Crippen LogP contribution in [0.3, 0.4) is 0 Å². The van der Waals surface area contributed by atoms with Crippen LogP contribution in [0.4, 0.5) is 8.78 Å². The van der Waals surface area contributed by atoms with Gasteiger partial charge in [0.05, 0.1) is 4.90 Å². The van der Waals surface area contributed by atoms with E-state index < -0.39 is 33.5 Å². The molecule has 0 aliphatic carbocycles. The largest absolute Gasteiger partial charge is 0.348 e. The predicted molar refractivity (Wildman–Crippen MR) is 114 cm³/mol. The molecule has 172 valence electrons. The number of nitrogens with zero attached hydrogens (tertiary/aromatic N) is 1. The summed E-state index contributed by atoms with van der Waals surface area (Å²) >= 11 is 0. The number of halogens is 2. The number of benzene rings is 2. The van der Waals surface area contributed by atoms with Crippen molar-refractivity contribution in [1.82, 2.24) is 14.9 Å². The molecule has 1 aliphatic heterocycles. The summed E-state index contributed by atoms with van der Waals surface area (Å²) < 4.78 is 54.1. The number of piperidine rings is 1. The average Bonchev–Trinajstić information content (AvgIpc) is 2.79. The van der Waals surface area contributed by atoms with Crippen LogP contribution >= 0.6 is 0 Å². The molecular formula is C22H25F2N3O4S. The van der Waals surface area contributed by atoms with E-state index in [0.29, 0.717) is 25.8 Å². The standard InChI is InChI=1S/C22H25F2N3O4S/c23-17-8-10-19(11-9-17)32(30,31)27-14-4-3-6-18(27)12-13-25-21(28)22(29)26-15-16-5-1-2-7-20(16)24/h1-2,5,7-11,18H,3-4,6,12-15H2,(H,25,28)(H,26,29). The topological polar surface area (TPSA) is 95.6 Å². The molecule has 1 heterocycles. The predicted octanol–water partition coefficient (Wildman–Crippen LogP) is 2.33. The van der Waals surface area contributed by atoms with Crippen LogP contribution in [0.1, 0.15) is 31.2 Å². The molecule has 2 aromatic rings. The summed E-state index contributed by atoms with van der Waals surface area (Å²) in [5, 5.41) is 4.84. The maximum absolute atomic E-state index is 13.6. The van der Waals surface area contributed by atoms with Crippen LogP contribution in [0.5, 0.6) is 0 Å². The maximum Gasteiger partial charge on any atom is 0.309 e. The minimum atomic E-state index is -3.80. The molecule has 10 heteroatoms. The lowest BCUT2D eigenvalue weighted by molar-refractivity contribution is -0.139. The molecule has 7 nitrogen and oxygen atoms in total. The molecule has 1 saturated heterocycles. The Labute approximate surface area is 185 Å². The molecule has 1 atom stereocenters. The van der Waals surface area contributed by atoms with E-state index in [9.17, 15) is 26.8 Å². The quantitative estimate of drug-likeness (QED) is 0.614. The normalized spacial score (nSPS) is 17.0. The van der Waals surface area contributed by atoms with Crippen molar-refractivity contribution in [2.45, 2.75) is 43.2 Å². The SMILES string of the molecule is O=C(NCCC1CCCCN1S(=O)(=O)c1ccc(F)cc1)C(=O)NCc1ccccc1F. The summed E-state index contributed by atoms with van der Waals surface area (Å²) in [6, 6.07) is 10.2. The van der Waals surface area contributed by atoms with Crippen molar-refractivity contribution < 1.29 is 26.8 Å². The highest BCUT2D eigenvalue weighted by atomic mass is 32.2. The minimum Gasteiger partial charge on any atom is -0.348 e. The molecule has 0 aromatic heterocycles. The Hall–Kier alpha value is -2.85. The lowest BCUT2D eigenvalue weighted by Crippen LogP contribution is -2.46. The zero-order valence-electron chi connectivity index (χ0n) is 17.4. The summed E-state index contributed by atoms with van der Waals surface area (Å²) in [7, 11) is -3.80. The lowest BCUT2D eigenvalue weighted by Gasteiger charge is -2.34. The molecule has 1 unspecified atom stereocenters. The number of hydrogen-bond donors (Lipinski definition) is 2. The second-order valence-electron chi connectivity index (χ2n) is 7.54. The minimum absolute atomic E-state index is 0.0161. The zero-order chi connectivity index (χ0) is 23.1. The van der Waals surface area contributed by atoms with Crippen molar-refractivity contribution >= 4 is 21.8 Å². The van der Waals surface area contributed by atoms with E-state index in [1.54, 1.807) is 6.07 Å². The van der Waals surface area contributed by atoms with E-state index in [0.717, 1.165) is 18.6 Å². The summed E-state index contributed by atoms with van der Waals surface area (Å²) in [5.41, 5.74) is 0.262. The Kier molecular flexibility index (Phi) is 7.92. The highest BCUT2D eigenvalue weighted by Crippen LogP contribution is 2.27. The first-order valence-corrected chi connectivity index (χ1v) is 11.8. The maximum atomic E-state index is 13.6. The van der Waals surface area contributed by atoms with Crippen LogP contribution < -0.4 is 10.6 Å². The second-order valence-corrected chi connectivity index (χ2v) is 9.43. The van der Waals surface area contributed by atoms with Gasteiger partial charge in [0.2, 0.25) is 10.0 Å². The van der Waals surface area contributed by atoms with Crippen LogP contribution in [-0.4, -0.2) is 43.7 Å². The molecule has 0 bridgehead atoms. The van der Waals surface area contributed by atoms with Crippen LogP contribution in [-0.2, 0) is 26.2 Å². The molecule has 3 rings (SSSR count). The van der Waals surface area contributed by atoms with Gasteiger partial charge in [0.15, 0.2) is 0 Å². The number of carbonyl (C=O) groups excluding carboxylic acids is 2. The molecule has 0 spiro atoms. The molecule has 1 fully saturated rings. The highest BCUT2D eigenvalue weighted by molar-refractivity contribution is 7.89. The smallest absolute Gasteiger partial charge is 0.309 e. The van der Waals surface area contributed by atoms with Gasteiger partial charge in [-0.25, -0.2) is 17.2 Å². The van der Waals surface area contributed by atoms with Gasteiger partial charge in [-0.15, -0.1) is 0 Å². The Morgan fingerprint density at radius 3 is 2.38 bits per heavy atom. The monoisotopic (exact) mass is 465 g/mol. The van der Waals surface area contributed by atoms with Crippen molar-refractivity contribution in [3.8, 4) is 0 Å². The van der Waals surface area contributed by atoms with Gasteiger partial charge in [-0.2, -0.15) is 4.31 Å². The van der Waals surface area contributed by atoms with Gasteiger partial charge >= 0.3 is 11.8 Å². The Balaban J connectivity index is 1.53. The number of sulfonamides is 1. The first-order valence-electron chi connectivity index (χ1n) is 10.4. The first kappa shape index (κ1) is 23.8. The Morgan fingerprint density at radius 2 is 1.66 bits per heavy atom. The molecule has 2 N–H and O–H groups in total. The van der Waals surface area contributed by atoms with Gasteiger partial charge in [0.25, 0.3) is 0 Å². The van der Waals surface area contributed by atoms with Crippen LogP contribution in [0.15, 0.2) is 53.4 Å². The van der Waals surface area contributed by atoms with Crippen molar-refractivity contribution in [2.75, 3.05) is 13.1 Å². The summed E-state index contributed by atoms with van der Waals surface area (Å²) in [4.78, 5) is 24.0. The van der Waals surface area contributed by atoms with E-state index in [1.165, 1.54) is 34.6 Å². The van der Waals surface area contributed by atoms with Gasteiger partial charge in [-0.05, 0) is 49.6 Å². The van der Waals surface area contributed by atoms with Crippen LogP contribution in [0.25, 0.3) is 0 Å². The van der Waals surface area contributed by atoms with Gasteiger partial charge in [-0.1, -0.05) is 24.6 Å². The molecule has 0 saturated carbocycles. The average molecular weight is 466 g/mol. The van der Waals surface area contributed by atoms with Crippen LogP contribution in [0, 0.1) is 11.6 Å². The second kappa shape index (κ2) is 10.6. The number of amides is 2. The molecule has 32 heavy (non-hydrogen) atoms. The molecule has 2 amide bonds. The third-order valence-electron chi connectivity index (χ3n) is 5.36. The van der Waals surface area contributed by atoms with E-state index in [-0.39, 0.29) is 29.6 Å². The third-order valence-corrected chi connectivity index (χ3v) is 7.33. The zero-order valence-corrected chi connectivity index (χ0v) is 18.2. The van der Waals surface area contributed by atoms with E-state index in [4.69, 9.17) is 0 Å². The molecule has 1 aliphatic rings. The number of rotatable bonds is 7. The molecule has 0 radical (unpaired) electrons. The van der Waals surface area contributed by atoms with Crippen molar-refractivity contribution in [1.29, 1.82) is 0 Å². The number of nitrogens with one attached hydrogen (secondary N) is 2. The van der Waals surface area contributed by atoms with Crippen molar-refractivity contribution in [2.24, 2.45) is 0 Å². The summed E-state index contributed by atoms with van der Waals surface area (Å²) in [6.45, 7) is 0.318. The number of carbonyl (C=O) groups is 2. The van der Waals surface area contributed by atoms with Crippen molar-refractivity contribution in [3.05, 3.63) is 65.7 Å². The summed E-state index contributed by atoms with van der Waals surface area (Å²) in [5.74, 6) is -2.76. The van der Waals surface area contributed by atoms with Crippen molar-refractivity contribution in [3.63, 3.8) is 0 Å². The molecule has 2 aromatic carbocycles. The lowest BCUT2D eigenvalue weighted by atomic mass is 10.0. The fourth-order valence-corrected chi connectivity index (χ4v) is 5.37. The highest BCUT2D eigenvalue weighted by Gasteiger charge is 2.33. The molecular weight excluding hydrogens is 440 g/mol. The fourth-order valence-electron chi connectivity index (χ4n) is 3.65. The van der Waals surface area contributed by atoms with E-state index in [2.05, 4.69) is 10.6 Å². The number of hydrogen-bond acceptors (Lipinski definition) is 4. The Bertz CT molecular complexity index is 1060. The van der Waals surface area contributed by atoms with Gasteiger partial charge in [0.1, 0.15) is 11.6 Å². The van der Waals surface area contributed by atoms with Gasteiger partial charge < -0.3 is 10.6 Å². The van der Waals surface area contributed by atoms with Gasteiger partial charge in [-0.3, -0.25) is 9.59 Å². The Morgan fingerprint density at radius 1 is 0.969 bits per heavy atom.